The summed E-state index contributed by atoms with van der Waals surface area (Å²) in [5, 5.41) is 3.26. The molecule has 1 aliphatic rings. The first-order chi connectivity index (χ1) is 14.9. The van der Waals surface area contributed by atoms with Gasteiger partial charge in [0.25, 0.3) is 11.8 Å². The molecule has 3 aromatic rings. The van der Waals surface area contributed by atoms with E-state index in [2.05, 4.69) is 5.32 Å². The van der Waals surface area contributed by atoms with E-state index < -0.39 is 5.91 Å². The van der Waals surface area contributed by atoms with E-state index in [1.165, 1.54) is 12.0 Å². The Morgan fingerprint density at radius 1 is 0.806 bits per heavy atom. The van der Waals surface area contributed by atoms with Crippen LogP contribution in [0.1, 0.15) is 22.3 Å². The third-order valence-electron chi connectivity index (χ3n) is 5.61. The number of carbonyl (C=O) groups is 2. The zero-order valence-electron chi connectivity index (χ0n) is 18.0. The van der Waals surface area contributed by atoms with Crippen molar-refractivity contribution in [3.05, 3.63) is 94.7 Å². The Morgan fingerprint density at radius 2 is 1.52 bits per heavy atom. The van der Waals surface area contributed by atoms with Crippen LogP contribution in [0.2, 0.25) is 0 Å². The average Bonchev–Trinajstić information content (AvgIpc) is 3.01. The van der Waals surface area contributed by atoms with Crippen molar-refractivity contribution in [1.29, 1.82) is 0 Å². The molecule has 0 spiro atoms. The molecule has 2 amide bonds. The summed E-state index contributed by atoms with van der Waals surface area (Å²) in [7, 11) is 1.52. The molecule has 156 valence electrons. The molecule has 5 nitrogen and oxygen atoms in total. The Bertz CT molecular complexity index is 1210. The lowest BCUT2D eigenvalue weighted by molar-refractivity contribution is -0.120. The second-order valence-electron chi connectivity index (χ2n) is 7.61. The van der Waals surface area contributed by atoms with Crippen molar-refractivity contribution in [2.45, 2.75) is 20.8 Å². The molecule has 3 aromatic carbocycles. The quantitative estimate of drug-likeness (QED) is 0.598. The maximum atomic E-state index is 13.6. The molecule has 1 heterocycles. The van der Waals surface area contributed by atoms with E-state index in [0.29, 0.717) is 22.6 Å². The maximum absolute atomic E-state index is 13.6. The fraction of sp³-hybridized carbons (Fsp3) is 0.154. The summed E-state index contributed by atoms with van der Waals surface area (Å²) in [6.07, 6.45) is 0. The van der Waals surface area contributed by atoms with E-state index >= 15 is 0 Å². The normalized spacial score (nSPS) is 13.7. The summed E-state index contributed by atoms with van der Waals surface area (Å²) in [4.78, 5) is 28.3. The van der Waals surface area contributed by atoms with Crippen LogP contribution >= 0.6 is 0 Å². The predicted octanol–water partition coefficient (Wildman–Crippen LogP) is 5.02. The number of imide groups is 1. The van der Waals surface area contributed by atoms with E-state index in [9.17, 15) is 9.59 Å². The van der Waals surface area contributed by atoms with Crippen molar-refractivity contribution >= 4 is 28.8 Å². The highest BCUT2D eigenvalue weighted by molar-refractivity contribution is 6.46. The van der Waals surface area contributed by atoms with E-state index in [0.717, 1.165) is 22.4 Å². The molecule has 0 unspecified atom stereocenters. The lowest BCUT2D eigenvalue weighted by atomic mass is 10.0. The van der Waals surface area contributed by atoms with Gasteiger partial charge in [0, 0.05) is 5.69 Å². The number of methoxy groups -OCH3 is 1. The third kappa shape index (κ3) is 3.59. The lowest BCUT2D eigenvalue weighted by Crippen LogP contribution is -2.32. The Kier molecular flexibility index (Phi) is 5.34. The summed E-state index contributed by atoms with van der Waals surface area (Å²) < 4.78 is 5.41. The molecule has 1 N–H and O–H groups in total. The van der Waals surface area contributed by atoms with Crippen LogP contribution < -0.4 is 15.0 Å². The monoisotopic (exact) mass is 412 g/mol. The minimum atomic E-state index is -0.411. The van der Waals surface area contributed by atoms with Crippen molar-refractivity contribution in [1.82, 2.24) is 0 Å². The molecule has 0 atom stereocenters. The number of carbonyl (C=O) groups excluding carboxylic acids is 2. The maximum Gasteiger partial charge on any atom is 0.282 e. The van der Waals surface area contributed by atoms with Crippen LogP contribution in [-0.4, -0.2) is 18.9 Å². The number of nitrogens with one attached hydrogen (secondary N) is 1. The third-order valence-corrected chi connectivity index (χ3v) is 5.61. The Hall–Kier alpha value is -3.86. The van der Waals surface area contributed by atoms with Gasteiger partial charge < -0.3 is 10.1 Å². The molecule has 0 radical (unpaired) electrons. The molecule has 5 heteroatoms. The van der Waals surface area contributed by atoms with Crippen LogP contribution in [0.3, 0.4) is 0 Å². The van der Waals surface area contributed by atoms with Crippen molar-refractivity contribution < 1.29 is 14.3 Å². The minimum Gasteiger partial charge on any atom is -0.495 e. The molecule has 4 rings (SSSR count). The number of aryl methyl sites for hydroxylation is 2. The van der Waals surface area contributed by atoms with E-state index in [-0.39, 0.29) is 11.6 Å². The predicted molar refractivity (Wildman–Crippen MR) is 123 cm³/mol. The van der Waals surface area contributed by atoms with Crippen LogP contribution in [0.15, 0.2) is 72.4 Å². The summed E-state index contributed by atoms with van der Waals surface area (Å²) in [6, 6.07) is 20.5. The van der Waals surface area contributed by atoms with Gasteiger partial charge in [0.15, 0.2) is 0 Å². The summed E-state index contributed by atoms with van der Waals surface area (Å²) >= 11 is 0. The zero-order valence-corrected chi connectivity index (χ0v) is 18.0. The van der Waals surface area contributed by atoms with E-state index in [1.807, 2.05) is 63.2 Å². The number of benzene rings is 3. The largest absolute Gasteiger partial charge is 0.495 e. The summed E-state index contributed by atoms with van der Waals surface area (Å²) in [5.41, 5.74) is 5.70. The number of hydrogen-bond acceptors (Lipinski definition) is 4. The number of para-hydroxylation sites is 2. The molecule has 0 aromatic heterocycles. The van der Waals surface area contributed by atoms with Crippen molar-refractivity contribution in [2.24, 2.45) is 0 Å². The van der Waals surface area contributed by atoms with Gasteiger partial charge in [-0.1, -0.05) is 54.1 Å². The first-order valence-corrected chi connectivity index (χ1v) is 10.1. The topological polar surface area (TPSA) is 58.6 Å². The van der Waals surface area contributed by atoms with E-state index in [4.69, 9.17) is 4.74 Å². The Morgan fingerprint density at radius 3 is 2.23 bits per heavy atom. The molecule has 0 saturated carbocycles. The van der Waals surface area contributed by atoms with Gasteiger partial charge in [0.2, 0.25) is 0 Å². The number of rotatable bonds is 5. The molecule has 0 saturated heterocycles. The molecular formula is C26H24N2O3. The zero-order chi connectivity index (χ0) is 22.1. The van der Waals surface area contributed by atoms with Gasteiger partial charge in [0.1, 0.15) is 11.4 Å². The SMILES string of the molecule is COc1ccccc1N1C(=O)C(Nc2cccc(C)c2C)=C(c2ccc(C)cc2)C1=O. The first-order valence-electron chi connectivity index (χ1n) is 10.1. The molecule has 0 bridgehead atoms. The Balaban J connectivity index is 1.87. The second-order valence-corrected chi connectivity index (χ2v) is 7.61. The van der Waals surface area contributed by atoms with Gasteiger partial charge in [-0.2, -0.15) is 0 Å². The summed E-state index contributed by atoms with van der Waals surface area (Å²) in [6.45, 7) is 5.98. The van der Waals surface area contributed by atoms with Crippen molar-refractivity contribution in [3.63, 3.8) is 0 Å². The Labute approximate surface area is 182 Å². The number of anilines is 2. The number of hydrogen-bond donors (Lipinski definition) is 1. The van der Waals surface area contributed by atoms with Gasteiger partial charge in [-0.3, -0.25) is 9.59 Å². The highest BCUT2D eigenvalue weighted by atomic mass is 16.5. The average molecular weight is 412 g/mol. The molecule has 0 aliphatic carbocycles. The second kappa shape index (κ2) is 8.11. The van der Waals surface area contributed by atoms with Crippen molar-refractivity contribution in [2.75, 3.05) is 17.3 Å². The lowest BCUT2D eigenvalue weighted by Gasteiger charge is -2.18. The van der Waals surface area contributed by atoms with Gasteiger partial charge in [-0.15, -0.1) is 0 Å². The van der Waals surface area contributed by atoms with E-state index in [1.54, 1.807) is 24.3 Å². The van der Waals surface area contributed by atoms with Crippen LogP contribution in [0, 0.1) is 20.8 Å². The first kappa shape index (κ1) is 20.4. The molecule has 1 aliphatic heterocycles. The van der Waals surface area contributed by atoms with Crippen molar-refractivity contribution in [3.8, 4) is 5.75 Å². The van der Waals surface area contributed by atoms with Crippen LogP contribution in [0.5, 0.6) is 5.75 Å². The number of nitrogens with zero attached hydrogens (tertiary/aromatic N) is 1. The van der Waals surface area contributed by atoms with Gasteiger partial charge in [-0.25, -0.2) is 4.90 Å². The fourth-order valence-corrected chi connectivity index (χ4v) is 3.69. The molecule has 31 heavy (non-hydrogen) atoms. The highest BCUT2D eigenvalue weighted by Crippen LogP contribution is 2.38. The number of amides is 2. The van der Waals surface area contributed by atoms with Crippen LogP contribution in [-0.2, 0) is 9.59 Å². The summed E-state index contributed by atoms with van der Waals surface area (Å²) in [5.74, 6) is -0.336. The smallest absolute Gasteiger partial charge is 0.282 e. The van der Waals surface area contributed by atoms with Crippen LogP contribution in [0.4, 0.5) is 11.4 Å². The van der Waals surface area contributed by atoms with Crippen LogP contribution in [0.25, 0.3) is 5.57 Å². The molecular weight excluding hydrogens is 388 g/mol. The molecule has 0 fully saturated rings. The number of ether oxygens (including phenoxy) is 1. The van der Waals surface area contributed by atoms with Gasteiger partial charge >= 0.3 is 0 Å². The highest BCUT2D eigenvalue weighted by Gasteiger charge is 2.41. The van der Waals surface area contributed by atoms with Gasteiger partial charge in [-0.05, 0) is 55.7 Å². The minimum absolute atomic E-state index is 0.258. The van der Waals surface area contributed by atoms with Gasteiger partial charge in [0.05, 0.1) is 18.4 Å². The standard InChI is InChI=1S/C26H24N2O3/c1-16-12-14-19(15-13-16)23-24(27-20-9-7-8-17(2)18(20)3)26(30)28(25(23)29)21-10-5-6-11-22(21)31-4/h5-15,27H,1-4H3. The fourth-order valence-electron chi connectivity index (χ4n) is 3.69.